The van der Waals surface area contributed by atoms with Gasteiger partial charge in [-0.3, -0.25) is 19.3 Å². The first-order valence-corrected chi connectivity index (χ1v) is 14.7. The van der Waals surface area contributed by atoms with Crippen molar-refractivity contribution >= 4 is 23.4 Å². The molecule has 11 heteroatoms. The minimum atomic E-state index is -1.01. The fraction of sp³-hybridized carbons (Fsp3) is 0.690. The summed E-state index contributed by atoms with van der Waals surface area (Å²) in [4.78, 5) is 45.2. The van der Waals surface area contributed by atoms with Crippen molar-refractivity contribution in [3.63, 3.8) is 0 Å². The predicted molar refractivity (Wildman–Crippen MR) is 147 cm³/mol. The molecule has 5 rings (SSSR count). The molecule has 0 saturated carbocycles. The fourth-order valence-electron chi connectivity index (χ4n) is 6.85. The number of likely N-dealkylation sites (tertiary alicyclic amines) is 1. The second kappa shape index (κ2) is 12.8. The Kier molecular flexibility index (Phi) is 9.24. The Balaban J connectivity index is 1.31. The van der Waals surface area contributed by atoms with E-state index in [0.29, 0.717) is 76.6 Å². The zero-order chi connectivity index (χ0) is 28.1. The molecule has 4 heterocycles. The summed E-state index contributed by atoms with van der Waals surface area (Å²) in [5, 5.41) is 15.2. The van der Waals surface area contributed by atoms with Gasteiger partial charge in [0, 0.05) is 45.0 Å². The number of hydrogen-bond donors (Lipinski definition) is 3. The third-order valence-corrected chi connectivity index (χ3v) is 8.67. The third-order valence-electron chi connectivity index (χ3n) is 8.67. The number of nitrogens with one attached hydrogen (secondary N) is 2. The summed E-state index contributed by atoms with van der Waals surface area (Å²) in [6, 6.07) is 6.37. The standard InChI is InChI=1S/C29H42N4O7/c1-2-39-21-8-6-20(7-9-21)31-26(35)23-22-10-11-29(40-22)24(23)28(37)33(13-4-3-5-17-34)25(29)27(36)30-12-14-32-15-18-38-19-16-32/h6-9,22-25,34H,2-5,10-19H2,1H3,(H,30,36)(H,31,35)/t22-,23+,24+,25?,29?/m1/s1. The first-order valence-electron chi connectivity index (χ1n) is 14.7. The van der Waals surface area contributed by atoms with Crippen molar-refractivity contribution in [3.8, 4) is 5.75 Å². The molecule has 4 fully saturated rings. The Morgan fingerprint density at radius 3 is 2.60 bits per heavy atom. The lowest BCUT2D eigenvalue weighted by molar-refractivity contribution is -0.141. The summed E-state index contributed by atoms with van der Waals surface area (Å²) in [5.74, 6) is -1.33. The molecule has 2 bridgehead atoms. The Labute approximate surface area is 235 Å². The van der Waals surface area contributed by atoms with E-state index in [0.717, 1.165) is 19.5 Å². The van der Waals surface area contributed by atoms with Crippen LogP contribution in [0.4, 0.5) is 5.69 Å². The molecule has 5 atom stereocenters. The smallest absolute Gasteiger partial charge is 0.245 e. The van der Waals surface area contributed by atoms with E-state index < -0.39 is 29.6 Å². The number of benzene rings is 1. The molecule has 4 aliphatic rings. The quantitative estimate of drug-likeness (QED) is 0.306. The molecule has 3 amide bonds. The Hall–Kier alpha value is -2.73. The van der Waals surface area contributed by atoms with Gasteiger partial charge >= 0.3 is 0 Å². The van der Waals surface area contributed by atoms with Gasteiger partial charge in [-0.2, -0.15) is 0 Å². The van der Waals surface area contributed by atoms with Crippen LogP contribution in [0.15, 0.2) is 24.3 Å². The van der Waals surface area contributed by atoms with Crippen molar-refractivity contribution in [3.05, 3.63) is 24.3 Å². The van der Waals surface area contributed by atoms with E-state index in [-0.39, 0.29) is 24.3 Å². The SMILES string of the molecule is CCOc1ccc(NC(=O)[C@@H]2[C@H]3C(=O)N(CCCCCO)C(C(=O)NCCN4CCOCC4)C34CC[C@H]2O4)cc1. The maximum Gasteiger partial charge on any atom is 0.245 e. The molecule has 1 aromatic carbocycles. The van der Waals surface area contributed by atoms with Crippen molar-refractivity contribution in [1.82, 2.24) is 15.1 Å². The number of carbonyl (C=O) groups excluding carboxylic acids is 3. The van der Waals surface area contributed by atoms with Gasteiger partial charge in [-0.25, -0.2) is 0 Å². The monoisotopic (exact) mass is 558 g/mol. The van der Waals surface area contributed by atoms with Crippen molar-refractivity contribution in [2.24, 2.45) is 11.8 Å². The van der Waals surface area contributed by atoms with Gasteiger partial charge < -0.3 is 34.9 Å². The second-order valence-electron chi connectivity index (χ2n) is 11.1. The highest BCUT2D eigenvalue weighted by Gasteiger charge is 2.74. The minimum absolute atomic E-state index is 0.0878. The molecule has 0 aliphatic carbocycles. The van der Waals surface area contributed by atoms with Gasteiger partial charge in [0.2, 0.25) is 17.7 Å². The number of fused-ring (bicyclic) bond motifs is 1. The van der Waals surface area contributed by atoms with Crippen LogP contribution < -0.4 is 15.4 Å². The summed E-state index contributed by atoms with van der Waals surface area (Å²) in [6.45, 7) is 7.15. The first kappa shape index (κ1) is 28.8. The Bertz CT molecular complexity index is 1050. The van der Waals surface area contributed by atoms with E-state index in [1.54, 1.807) is 29.2 Å². The van der Waals surface area contributed by atoms with E-state index in [1.165, 1.54) is 0 Å². The van der Waals surface area contributed by atoms with Crippen LogP contribution in [-0.4, -0.2) is 110 Å². The number of carbonyl (C=O) groups is 3. The second-order valence-corrected chi connectivity index (χ2v) is 11.1. The number of hydrogen-bond acceptors (Lipinski definition) is 8. The van der Waals surface area contributed by atoms with Gasteiger partial charge in [-0.05, 0) is 63.3 Å². The lowest BCUT2D eigenvalue weighted by atomic mass is 9.70. The number of aliphatic hydroxyl groups excluding tert-OH is 1. The molecule has 40 heavy (non-hydrogen) atoms. The van der Waals surface area contributed by atoms with Gasteiger partial charge in [0.1, 0.15) is 17.4 Å². The molecule has 11 nitrogen and oxygen atoms in total. The molecular formula is C29H42N4O7. The normalized spacial score (nSPS) is 29.4. The molecule has 4 aliphatic heterocycles. The number of morpholine rings is 1. The molecule has 2 unspecified atom stereocenters. The maximum absolute atomic E-state index is 14.0. The lowest BCUT2D eigenvalue weighted by Crippen LogP contribution is -2.56. The predicted octanol–water partition coefficient (Wildman–Crippen LogP) is 1.01. The molecule has 1 spiro atoms. The van der Waals surface area contributed by atoms with Crippen LogP contribution >= 0.6 is 0 Å². The summed E-state index contributed by atoms with van der Waals surface area (Å²) >= 11 is 0. The summed E-state index contributed by atoms with van der Waals surface area (Å²) < 4.78 is 17.4. The maximum atomic E-state index is 14.0. The van der Waals surface area contributed by atoms with Crippen LogP contribution in [0.3, 0.4) is 0 Å². The number of anilines is 1. The molecule has 220 valence electrons. The van der Waals surface area contributed by atoms with E-state index in [9.17, 15) is 19.5 Å². The first-order chi connectivity index (χ1) is 19.5. The molecule has 1 aromatic rings. The summed E-state index contributed by atoms with van der Waals surface area (Å²) in [6.07, 6.45) is 2.83. The van der Waals surface area contributed by atoms with E-state index in [1.807, 2.05) is 6.92 Å². The van der Waals surface area contributed by atoms with Crippen LogP contribution in [0.5, 0.6) is 5.75 Å². The highest BCUT2D eigenvalue weighted by Crippen LogP contribution is 2.58. The largest absolute Gasteiger partial charge is 0.494 e. The van der Waals surface area contributed by atoms with E-state index in [2.05, 4.69) is 15.5 Å². The van der Waals surface area contributed by atoms with Crippen molar-refractivity contribution < 1.29 is 33.7 Å². The van der Waals surface area contributed by atoms with Crippen LogP contribution in [0, 0.1) is 11.8 Å². The van der Waals surface area contributed by atoms with Gasteiger partial charge in [-0.15, -0.1) is 0 Å². The summed E-state index contributed by atoms with van der Waals surface area (Å²) in [7, 11) is 0. The zero-order valence-corrected chi connectivity index (χ0v) is 23.3. The van der Waals surface area contributed by atoms with Gasteiger partial charge in [-0.1, -0.05) is 0 Å². The number of nitrogens with zero attached hydrogens (tertiary/aromatic N) is 2. The average Bonchev–Trinajstić information content (AvgIpc) is 3.60. The number of amides is 3. The number of aliphatic hydroxyl groups is 1. The van der Waals surface area contributed by atoms with E-state index in [4.69, 9.17) is 14.2 Å². The van der Waals surface area contributed by atoms with Crippen LogP contribution in [0.2, 0.25) is 0 Å². The number of rotatable bonds is 13. The summed E-state index contributed by atoms with van der Waals surface area (Å²) in [5.41, 5.74) is -0.392. The highest BCUT2D eigenvalue weighted by atomic mass is 16.5. The molecule has 0 radical (unpaired) electrons. The Morgan fingerprint density at radius 1 is 1.10 bits per heavy atom. The third kappa shape index (κ3) is 5.70. The molecule has 3 N–H and O–H groups in total. The highest BCUT2D eigenvalue weighted by molar-refractivity contribution is 6.02. The topological polar surface area (TPSA) is 130 Å². The van der Waals surface area contributed by atoms with Gasteiger partial charge in [0.25, 0.3) is 0 Å². The minimum Gasteiger partial charge on any atom is -0.494 e. The zero-order valence-electron chi connectivity index (χ0n) is 23.3. The van der Waals surface area contributed by atoms with Gasteiger partial charge in [0.05, 0.1) is 37.8 Å². The van der Waals surface area contributed by atoms with Crippen LogP contribution in [0.1, 0.15) is 39.0 Å². The van der Waals surface area contributed by atoms with Gasteiger partial charge in [0.15, 0.2) is 0 Å². The fourth-order valence-corrected chi connectivity index (χ4v) is 6.85. The van der Waals surface area contributed by atoms with Crippen LogP contribution in [-0.2, 0) is 23.9 Å². The molecule has 4 saturated heterocycles. The van der Waals surface area contributed by atoms with Crippen LogP contribution in [0.25, 0.3) is 0 Å². The average molecular weight is 559 g/mol. The van der Waals surface area contributed by atoms with Crippen molar-refractivity contribution in [2.75, 3.05) is 64.5 Å². The molecule has 0 aromatic heterocycles. The Morgan fingerprint density at radius 2 is 1.88 bits per heavy atom. The van der Waals surface area contributed by atoms with Crippen molar-refractivity contribution in [1.29, 1.82) is 0 Å². The number of ether oxygens (including phenoxy) is 3. The lowest BCUT2D eigenvalue weighted by Gasteiger charge is -2.34. The van der Waals surface area contributed by atoms with Crippen molar-refractivity contribution in [2.45, 2.75) is 56.8 Å². The van der Waals surface area contributed by atoms with E-state index >= 15 is 0 Å². The molecular weight excluding hydrogens is 516 g/mol. The number of unbranched alkanes of at least 4 members (excludes halogenated alkanes) is 2.